The number of hydrogen-bond acceptors (Lipinski definition) is 8. The van der Waals surface area contributed by atoms with Gasteiger partial charge in [-0.3, -0.25) is 9.59 Å². The monoisotopic (exact) mass is 644 g/mol. The molecule has 2 aromatic carbocycles. The summed E-state index contributed by atoms with van der Waals surface area (Å²) in [5.74, 6) is -1.83. The molecule has 2 N–H and O–H groups in total. The lowest BCUT2D eigenvalue weighted by molar-refractivity contribution is -0.137. The topological polar surface area (TPSA) is 118 Å². The minimum Gasteiger partial charge on any atom is -0.480 e. The molecule has 14 heteroatoms. The Morgan fingerprint density at radius 3 is 2.53 bits per heavy atom. The van der Waals surface area contributed by atoms with Gasteiger partial charge in [0.1, 0.15) is 23.5 Å². The van der Waals surface area contributed by atoms with E-state index in [0.29, 0.717) is 34.0 Å². The largest absolute Gasteiger partial charge is 0.480 e. The van der Waals surface area contributed by atoms with Crippen LogP contribution >= 0.6 is 11.3 Å². The van der Waals surface area contributed by atoms with Crippen molar-refractivity contribution in [3.05, 3.63) is 64.7 Å². The molecule has 9 nitrogen and oxygen atoms in total. The number of benzene rings is 2. The molecule has 3 fully saturated rings. The zero-order chi connectivity index (χ0) is 31.5. The number of nitrogens with zero attached hydrogens (tertiary/aromatic N) is 3. The fourth-order valence-electron chi connectivity index (χ4n) is 6.53. The highest BCUT2D eigenvalue weighted by Gasteiger charge is 2.43. The van der Waals surface area contributed by atoms with Gasteiger partial charge in [0.25, 0.3) is 5.91 Å². The maximum atomic E-state index is 15.0. The van der Waals surface area contributed by atoms with Crippen LogP contribution in [-0.4, -0.2) is 51.9 Å². The number of carbonyl (C=O) groups excluding carboxylic acids is 1. The average molecular weight is 645 g/mol. The van der Waals surface area contributed by atoms with Gasteiger partial charge in [-0.1, -0.05) is 34.7 Å². The number of fused-ring (bicyclic) bond motifs is 3. The minimum atomic E-state index is -4.54. The molecule has 7 rings (SSSR count). The van der Waals surface area contributed by atoms with Gasteiger partial charge in [0, 0.05) is 34.7 Å². The number of carbonyl (C=O) groups is 2. The van der Waals surface area contributed by atoms with Crippen molar-refractivity contribution < 1.29 is 41.5 Å². The number of thiazole rings is 1. The number of alkyl halides is 3. The molecule has 2 bridgehead atoms. The predicted octanol–water partition coefficient (Wildman–Crippen LogP) is 6.52. The van der Waals surface area contributed by atoms with Gasteiger partial charge < -0.3 is 24.6 Å². The van der Waals surface area contributed by atoms with Crippen molar-refractivity contribution in [2.45, 2.75) is 75.4 Å². The lowest BCUT2D eigenvalue weighted by atomic mass is 9.98. The highest BCUT2D eigenvalue weighted by atomic mass is 32.1. The number of hydrogen-bond donors (Lipinski definition) is 2. The first-order valence-electron chi connectivity index (χ1n) is 14.7. The van der Waals surface area contributed by atoms with Crippen molar-refractivity contribution in [1.82, 2.24) is 15.5 Å². The van der Waals surface area contributed by atoms with Gasteiger partial charge in [0.15, 0.2) is 10.9 Å². The Labute approximate surface area is 258 Å². The lowest BCUT2D eigenvalue weighted by Gasteiger charge is -2.38. The molecule has 2 aliphatic heterocycles. The summed E-state index contributed by atoms with van der Waals surface area (Å²) in [6.45, 7) is -0.492. The Morgan fingerprint density at radius 1 is 1.11 bits per heavy atom. The number of halogens is 4. The molecule has 1 saturated carbocycles. The normalized spacial score (nSPS) is 21.4. The summed E-state index contributed by atoms with van der Waals surface area (Å²) < 4.78 is 68.9. The molecule has 0 unspecified atom stereocenters. The Bertz CT molecular complexity index is 1770. The molecule has 1 aliphatic carbocycles. The average Bonchev–Trinajstić information content (AvgIpc) is 3.51. The lowest BCUT2D eigenvalue weighted by Crippen LogP contribution is -2.45. The second kappa shape index (κ2) is 11.4. The first-order valence-corrected chi connectivity index (χ1v) is 15.5. The van der Waals surface area contributed by atoms with E-state index in [1.807, 2.05) is 0 Å². The SMILES string of the molecule is O=C(O)CNC(=O)c1cc(F)c2nc(N3[C@@H]4CC[C@H]3C[C@@H](OCc3c(-c5ccccc5C(F)(F)F)noc3C3CC3)C4)sc2c1. The molecule has 3 aliphatic rings. The van der Waals surface area contributed by atoms with Crippen LogP contribution in [0.4, 0.5) is 22.7 Å². The molecule has 2 saturated heterocycles. The van der Waals surface area contributed by atoms with E-state index in [2.05, 4.69) is 20.4 Å². The fourth-order valence-corrected chi connectivity index (χ4v) is 7.69. The first kappa shape index (κ1) is 29.7. The quantitative estimate of drug-likeness (QED) is 0.198. The van der Waals surface area contributed by atoms with E-state index in [1.165, 1.54) is 29.5 Å². The van der Waals surface area contributed by atoms with Crippen LogP contribution in [0, 0.1) is 5.82 Å². The number of nitrogens with one attached hydrogen (secondary N) is 1. The molecule has 2 aromatic heterocycles. The van der Waals surface area contributed by atoms with Gasteiger partial charge in [0.2, 0.25) is 0 Å². The van der Waals surface area contributed by atoms with Crippen LogP contribution in [-0.2, 0) is 22.3 Å². The van der Waals surface area contributed by atoms with E-state index in [4.69, 9.17) is 14.4 Å². The molecule has 4 heterocycles. The minimum absolute atomic E-state index is 0.0167. The second-order valence-corrected chi connectivity index (χ2v) is 12.8. The number of carboxylic acids is 1. The second-order valence-electron chi connectivity index (χ2n) is 11.8. The Kier molecular flexibility index (Phi) is 7.51. The Morgan fingerprint density at radius 2 is 1.84 bits per heavy atom. The molecular weight excluding hydrogens is 616 g/mol. The number of rotatable bonds is 9. The summed E-state index contributed by atoms with van der Waals surface area (Å²) in [6.07, 6.45) is 0.184. The number of amides is 1. The van der Waals surface area contributed by atoms with E-state index in [-0.39, 0.29) is 53.0 Å². The summed E-state index contributed by atoms with van der Waals surface area (Å²) in [5, 5.41) is 15.8. The molecule has 45 heavy (non-hydrogen) atoms. The maximum Gasteiger partial charge on any atom is 0.417 e. The van der Waals surface area contributed by atoms with Crippen LogP contribution in [0.1, 0.15) is 71.7 Å². The molecule has 1 amide bonds. The molecule has 236 valence electrons. The highest BCUT2D eigenvalue weighted by molar-refractivity contribution is 7.22. The van der Waals surface area contributed by atoms with Gasteiger partial charge in [-0.05, 0) is 56.7 Å². The molecule has 0 radical (unpaired) electrons. The number of anilines is 1. The van der Waals surface area contributed by atoms with Crippen LogP contribution in [0.15, 0.2) is 40.9 Å². The summed E-state index contributed by atoms with van der Waals surface area (Å²) in [6, 6.07) is 8.08. The first-order chi connectivity index (χ1) is 21.6. The number of ether oxygens (including phenoxy) is 1. The molecule has 4 aromatic rings. The number of carboxylic acid groups (broad SMARTS) is 1. The summed E-state index contributed by atoms with van der Waals surface area (Å²) in [5.41, 5.74) is 0.0946. The number of aliphatic carboxylic acids is 1. The predicted molar refractivity (Wildman–Crippen MR) is 156 cm³/mol. The van der Waals surface area contributed by atoms with E-state index in [1.54, 1.807) is 6.07 Å². The van der Waals surface area contributed by atoms with Gasteiger partial charge in [-0.25, -0.2) is 9.37 Å². The van der Waals surface area contributed by atoms with Crippen LogP contribution in [0.25, 0.3) is 21.5 Å². The Hall–Kier alpha value is -4.04. The van der Waals surface area contributed by atoms with Gasteiger partial charge >= 0.3 is 12.1 Å². The van der Waals surface area contributed by atoms with Crippen molar-refractivity contribution in [3.63, 3.8) is 0 Å². The van der Waals surface area contributed by atoms with Crippen LogP contribution in [0.3, 0.4) is 0 Å². The molecular formula is C31H28F4N4O5S. The number of aromatic nitrogens is 2. The third-order valence-electron chi connectivity index (χ3n) is 8.73. The van der Waals surface area contributed by atoms with E-state index in [9.17, 15) is 27.2 Å². The third-order valence-corrected chi connectivity index (χ3v) is 9.74. The van der Waals surface area contributed by atoms with E-state index in [0.717, 1.165) is 37.8 Å². The smallest absolute Gasteiger partial charge is 0.417 e. The highest BCUT2D eigenvalue weighted by Crippen LogP contribution is 2.47. The Balaban J connectivity index is 1.08. The molecule has 0 spiro atoms. The van der Waals surface area contributed by atoms with Crippen LogP contribution < -0.4 is 10.2 Å². The maximum absolute atomic E-state index is 15.0. The van der Waals surface area contributed by atoms with Crippen molar-refractivity contribution in [1.29, 1.82) is 0 Å². The van der Waals surface area contributed by atoms with E-state index < -0.39 is 36.0 Å². The standard InChI is InChI=1S/C31H28F4N4O5S/c32-23-9-16(29(42)36-13-25(40)41)10-24-27(23)37-30(45-24)39-17-7-8-18(39)12-19(11-17)43-14-21-26(38-44-28(21)15-5-6-15)20-3-1-2-4-22(20)31(33,34)35/h1-4,9-10,15,17-19H,5-8,11-14H2,(H,36,42)(H,40,41)/t17-,18+,19+. The number of piperidine rings is 1. The zero-order valence-electron chi connectivity index (χ0n) is 23.8. The van der Waals surface area contributed by atoms with Crippen LogP contribution in [0.5, 0.6) is 0 Å². The van der Waals surface area contributed by atoms with Crippen molar-refractivity contribution in [3.8, 4) is 11.3 Å². The summed E-state index contributed by atoms with van der Waals surface area (Å²) in [4.78, 5) is 29.9. The van der Waals surface area contributed by atoms with Gasteiger partial charge in [-0.15, -0.1) is 0 Å². The summed E-state index contributed by atoms with van der Waals surface area (Å²) >= 11 is 1.27. The fraction of sp³-hybridized carbons (Fsp3) is 0.419. The van der Waals surface area contributed by atoms with Crippen molar-refractivity contribution in [2.75, 3.05) is 11.4 Å². The third kappa shape index (κ3) is 5.76. The zero-order valence-corrected chi connectivity index (χ0v) is 24.6. The van der Waals surface area contributed by atoms with Gasteiger partial charge in [-0.2, -0.15) is 13.2 Å². The van der Waals surface area contributed by atoms with Crippen LogP contribution in [0.2, 0.25) is 0 Å². The summed E-state index contributed by atoms with van der Waals surface area (Å²) in [7, 11) is 0. The molecule has 3 atom stereocenters. The van der Waals surface area contributed by atoms with Gasteiger partial charge in [0.05, 0.1) is 23.0 Å². The van der Waals surface area contributed by atoms with Crippen molar-refractivity contribution in [2.24, 2.45) is 0 Å². The van der Waals surface area contributed by atoms with E-state index >= 15 is 0 Å². The van der Waals surface area contributed by atoms with Crippen molar-refractivity contribution >= 4 is 38.6 Å².